The average Bonchev–Trinajstić information content (AvgIpc) is 1.94. The summed E-state index contributed by atoms with van der Waals surface area (Å²) in [6.45, 7) is 0. The monoisotopic (exact) mass is 258 g/mol. The molecule has 0 fully saturated rings. The molecule has 0 heterocycles. The zero-order chi connectivity index (χ0) is 7.56. The van der Waals surface area contributed by atoms with Gasteiger partial charge in [-0.15, -0.1) is 6.42 Å². The van der Waals surface area contributed by atoms with Gasteiger partial charge in [-0.2, -0.15) is 0 Å². The molecule has 0 nitrogen and oxygen atoms in total. The Bertz CT molecular complexity index is 284. The molecule has 0 atom stereocenters. The van der Waals surface area contributed by atoms with Crippen LogP contribution in [0.1, 0.15) is 5.56 Å². The lowest BCUT2D eigenvalue weighted by Crippen LogP contribution is -1.75. The minimum absolute atomic E-state index is 0.870. The topological polar surface area (TPSA) is 0 Å². The molecule has 0 N–H and O–H groups in total. The highest BCUT2D eigenvalue weighted by Crippen LogP contribution is 2.20. The molecule has 0 aromatic heterocycles. The molecule has 0 spiro atoms. The van der Waals surface area contributed by atoms with Gasteiger partial charge in [-0.3, -0.25) is 0 Å². The average molecular weight is 260 g/mol. The summed E-state index contributed by atoms with van der Waals surface area (Å²) in [6, 6.07) is 5.74. The van der Waals surface area contributed by atoms with E-state index < -0.39 is 0 Å². The fourth-order valence-corrected chi connectivity index (χ4v) is 1.33. The minimum atomic E-state index is 0.870. The number of rotatable bonds is 0. The van der Waals surface area contributed by atoms with Crippen LogP contribution in [0.4, 0.5) is 0 Å². The highest BCUT2D eigenvalue weighted by atomic mass is 79.9. The summed E-state index contributed by atoms with van der Waals surface area (Å²) in [5, 5.41) is 0. The number of halogens is 2. The van der Waals surface area contributed by atoms with Gasteiger partial charge in [-0.05, 0) is 34.1 Å². The van der Waals surface area contributed by atoms with Crippen molar-refractivity contribution in [3.8, 4) is 12.3 Å². The third-order valence-corrected chi connectivity index (χ3v) is 2.27. The van der Waals surface area contributed by atoms with Crippen LogP contribution in [0.2, 0.25) is 0 Å². The third kappa shape index (κ3) is 1.62. The number of hydrogen-bond donors (Lipinski definition) is 0. The van der Waals surface area contributed by atoms with E-state index in [4.69, 9.17) is 6.42 Å². The van der Waals surface area contributed by atoms with Gasteiger partial charge in [0.1, 0.15) is 0 Å². The molecular weight excluding hydrogens is 256 g/mol. The van der Waals surface area contributed by atoms with Crippen LogP contribution in [0.25, 0.3) is 0 Å². The van der Waals surface area contributed by atoms with Crippen molar-refractivity contribution < 1.29 is 0 Å². The van der Waals surface area contributed by atoms with E-state index in [-0.39, 0.29) is 0 Å². The molecule has 10 heavy (non-hydrogen) atoms. The largest absolute Gasteiger partial charge is 0.115 e. The summed E-state index contributed by atoms with van der Waals surface area (Å²) >= 11 is 6.65. The molecule has 0 amide bonds. The molecule has 0 unspecified atom stereocenters. The molecule has 0 radical (unpaired) electrons. The third-order valence-electron chi connectivity index (χ3n) is 1.08. The zero-order valence-electron chi connectivity index (χ0n) is 5.07. The van der Waals surface area contributed by atoms with Crippen molar-refractivity contribution in [1.82, 2.24) is 0 Å². The second kappa shape index (κ2) is 3.23. The van der Waals surface area contributed by atoms with E-state index in [0.717, 1.165) is 14.5 Å². The lowest BCUT2D eigenvalue weighted by atomic mass is 10.2. The maximum atomic E-state index is 5.22. The molecule has 0 bridgehead atoms. The first-order valence-electron chi connectivity index (χ1n) is 2.65. The smallest absolute Gasteiger partial charge is 0.0395 e. The first-order valence-corrected chi connectivity index (χ1v) is 4.24. The summed E-state index contributed by atoms with van der Waals surface area (Å²) in [5.74, 6) is 2.56. The zero-order valence-corrected chi connectivity index (χ0v) is 8.24. The van der Waals surface area contributed by atoms with Gasteiger partial charge < -0.3 is 0 Å². The molecule has 1 rings (SSSR count). The summed E-state index contributed by atoms with van der Waals surface area (Å²) in [7, 11) is 0. The molecule has 1 aromatic carbocycles. The normalized spacial score (nSPS) is 8.90. The van der Waals surface area contributed by atoms with Crippen molar-refractivity contribution in [3.05, 3.63) is 32.7 Å². The van der Waals surface area contributed by atoms with Gasteiger partial charge in [0.15, 0.2) is 0 Å². The molecule has 50 valence electrons. The molecule has 0 aliphatic rings. The SMILES string of the molecule is C#Cc1cc(Br)ccc1Br. The van der Waals surface area contributed by atoms with Crippen LogP contribution in [0, 0.1) is 12.3 Å². The summed E-state index contributed by atoms with van der Waals surface area (Å²) < 4.78 is 1.96. The second-order valence-corrected chi connectivity index (χ2v) is 3.54. The van der Waals surface area contributed by atoms with Crippen molar-refractivity contribution in [1.29, 1.82) is 0 Å². The second-order valence-electron chi connectivity index (χ2n) is 1.77. The van der Waals surface area contributed by atoms with Crippen LogP contribution >= 0.6 is 31.9 Å². The van der Waals surface area contributed by atoms with Gasteiger partial charge >= 0.3 is 0 Å². The van der Waals surface area contributed by atoms with E-state index in [0.29, 0.717) is 0 Å². The Morgan fingerprint density at radius 1 is 1.30 bits per heavy atom. The molecule has 0 aliphatic carbocycles. The van der Waals surface area contributed by atoms with Gasteiger partial charge in [-0.1, -0.05) is 21.9 Å². The minimum Gasteiger partial charge on any atom is -0.115 e. The highest BCUT2D eigenvalue weighted by molar-refractivity contribution is 9.11. The Kier molecular flexibility index (Phi) is 2.53. The Morgan fingerprint density at radius 3 is 2.50 bits per heavy atom. The molecular formula is C8H4Br2. The van der Waals surface area contributed by atoms with Crippen LogP contribution in [-0.2, 0) is 0 Å². The van der Waals surface area contributed by atoms with E-state index in [1.54, 1.807) is 0 Å². The Labute approximate surface area is 76.9 Å². The molecule has 0 saturated carbocycles. The van der Waals surface area contributed by atoms with Crippen molar-refractivity contribution in [2.24, 2.45) is 0 Å². The van der Waals surface area contributed by atoms with Crippen LogP contribution < -0.4 is 0 Å². The van der Waals surface area contributed by atoms with Crippen molar-refractivity contribution in [2.75, 3.05) is 0 Å². The van der Waals surface area contributed by atoms with Gasteiger partial charge in [0.2, 0.25) is 0 Å². The van der Waals surface area contributed by atoms with Crippen LogP contribution in [0.5, 0.6) is 0 Å². The lowest BCUT2D eigenvalue weighted by Gasteiger charge is -1.94. The van der Waals surface area contributed by atoms with Gasteiger partial charge in [0.25, 0.3) is 0 Å². The lowest BCUT2D eigenvalue weighted by molar-refractivity contribution is 1.55. The fraction of sp³-hybridized carbons (Fsp3) is 0. The van der Waals surface area contributed by atoms with Gasteiger partial charge in [0, 0.05) is 14.5 Å². The molecule has 1 aromatic rings. The molecule has 0 saturated heterocycles. The number of hydrogen-bond acceptors (Lipinski definition) is 0. The quantitative estimate of drug-likeness (QED) is 0.628. The Balaban J connectivity index is 3.25. The predicted octanol–water partition coefficient (Wildman–Crippen LogP) is 3.19. The number of terminal acetylenes is 1. The predicted molar refractivity (Wildman–Crippen MR) is 49.8 cm³/mol. The summed E-state index contributed by atoms with van der Waals surface area (Å²) in [6.07, 6.45) is 5.22. The molecule has 0 aliphatic heterocycles. The van der Waals surface area contributed by atoms with E-state index in [2.05, 4.69) is 37.8 Å². The standard InChI is InChI=1S/C8H4Br2/c1-2-6-5-7(9)3-4-8(6)10/h1,3-5H. The first kappa shape index (κ1) is 7.84. The van der Waals surface area contributed by atoms with E-state index in [1.807, 2.05) is 18.2 Å². The van der Waals surface area contributed by atoms with Gasteiger partial charge in [0.05, 0.1) is 0 Å². The maximum absolute atomic E-state index is 5.22. The van der Waals surface area contributed by atoms with E-state index >= 15 is 0 Å². The highest BCUT2D eigenvalue weighted by Gasteiger charge is 1.94. The van der Waals surface area contributed by atoms with Crippen LogP contribution in [-0.4, -0.2) is 0 Å². The fourth-order valence-electron chi connectivity index (χ4n) is 0.608. The maximum Gasteiger partial charge on any atom is 0.0395 e. The molecule has 2 heteroatoms. The summed E-state index contributed by atoms with van der Waals surface area (Å²) in [5.41, 5.74) is 0.870. The van der Waals surface area contributed by atoms with Crippen molar-refractivity contribution >= 4 is 31.9 Å². The van der Waals surface area contributed by atoms with Gasteiger partial charge in [-0.25, -0.2) is 0 Å². The first-order chi connectivity index (χ1) is 4.74. The Morgan fingerprint density at radius 2 is 2.00 bits per heavy atom. The van der Waals surface area contributed by atoms with Crippen molar-refractivity contribution in [2.45, 2.75) is 0 Å². The summed E-state index contributed by atoms with van der Waals surface area (Å²) in [4.78, 5) is 0. The van der Waals surface area contributed by atoms with Crippen molar-refractivity contribution in [3.63, 3.8) is 0 Å². The van der Waals surface area contributed by atoms with E-state index in [1.165, 1.54) is 0 Å². The van der Waals surface area contributed by atoms with Crippen LogP contribution in [0.15, 0.2) is 27.1 Å². The van der Waals surface area contributed by atoms with Crippen LogP contribution in [0.3, 0.4) is 0 Å². The van der Waals surface area contributed by atoms with E-state index in [9.17, 15) is 0 Å². The Hall–Kier alpha value is -0.260. The number of benzene rings is 1.